The van der Waals surface area contributed by atoms with Gasteiger partial charge in [0.2, 0.25) is 0 Å². The lowest BCUT2D eigenvalue weighted by molar-refractivity contribution is 0.304. The van der Waals surface area contributed by atoms with Crippen molar-refractivity contribution in [3.63, 3.8) is 0 Å². The van der Waals surface area contributed by atoms with Gasteiger partial charge in [0, 0.05) is 37.7 Å². The highest BCUT2D eigenvalue weighted by atomic mass is 35.5. The zero-order valence-electron chi connectivity index (χ0n) is 26.8. The Morgan fingerprint density at radius 1 is 0.367 bits per heavy atom. The van der Waals surface area contributed by atoms with Crippen LogP contribution in [-0.4, -0.2) is 0 Å². The van der Waals surface area contributed by atoms with E-state index >= 15 is 0 Å². The molecule has 8 aromatic carbocycles. The molecular formula is C45H33ClO3. The molecule has 0 amide bonds. The Labute approximate surface area is 290 Å². The third kappa shape index (κ3) is 6.29. The smallest absolute Gasteiger partial charge is 0.135 e. The lowest BCUT2D eigenvalue weighted by atomic mass is 9.89. The fourth-order valence-electron chi connectivity index (χ4n) is 6.53. The van der Waals surface area contributed by atoms with E-state index in [2.05, 4.69) is 91.0 Å². The summed E-state index contributed by atoms with van der Waals surface area (Å²) in [5.41, 5.74) is 5.26. The van der Waals surface area contributed by atoms with Crippen molar-refractivity contribution in [1.82, 2.24) is 0 Å². The predicted molar refractivity (Wildman–Crippen MR) is 202 cm³/mol. The molecule has 0 unspecified atom stereocenters. The maximum Gasteiger partial charge on any atom is 0.135 e. The lowest BCUT2D eigenvalue weighted by Crippen LogP contribution is -2.02. The van der Waals surface area contributed by atoms with Gasteiger partial charge in [0.15, 0.2) is 0 Å². The van der Waals surface area contributed by atoms with E-state index in [0.717, 1.165) is 77.4 Å². The molecule has 0 heterocycles. The number of rotatable bonds is 10. The molecule has 0 bridgehead atoms. The molecule has 0 N–H and O–H groups in total. The number of benzene rings is 8. The number of hydrogen-bond acceptors (Lipinski definition) is 3. The second-order valence-electron chi connectivity index (χ2n) is 12.1. The Balaban J connectivity index is 1.37. The minimum atomic E-state index is 0.419. The molecule has 0 aliphatic rings. The van der Waals surface area contributed by atoms with Crippen molar-refractivity contribution in [2.75, 3.05) is 0 Å². The molecule has 0 aliphatic carbocycles. The average molecular weight is 657 g/mol. The summed E-state index contributed by atoms with van der Waals surface area (Å²) in [6, 6.07) is 55.7. The number of hydrogen-bond donors (Lipinski definition) is 0. The molecule has 4 heteroatoms. The van der Waals surface area contributed by atoms with Crippen molar-refractivity contribution in [1.29, 1.82) is 0 Å². The fourth-order valence-corrected chi connectivity index (χ4v) is 6.70. The van der Waals surface area contributed by atoms with Gasteiger partial charge in [0.25, 0.3) is 0 Å². The van der Waals surface area contributed by atoms with E-state index in [1.165, 1.54) is 0 Å². The molecule has 0 aromatic heterocycles. The minimum Gasteiger partial charge on any atom is -0.488 e. The Morgan fingerprint density at radius 3 is 1.41 bits per heavy atom. The van der Waals surface area contributed by atoms with Gasteiger partial charge in [-0.1, -0.05) is 157 Å². The fraction of sp³-hybridized carbons (Fsp3) is 0.0667. The Bertz CT molecular complexity index is 2390. The van der Waals surface area contributed by atoms with Crippen LogP contribution in [0.5, 0.6) is 17.2 Å². The van der Waals surface area contributed by atoms with Gasteiger partial charge in [-0.05, 0) is 45.7 Å². The second kappa shape index (κ2) is 13.8. The molecule has 0 fully saturated rings. The maximum atomic E-state index is 6.85. The van der Waals surface area contributed by atoms with Crippen LogP contribution >= 0.6 is 11.6 Å². The van der Waals surface area contributed by atoms with Gasteiger partial charge in [-0.3, -0.25) is 0 Å². The van der Waals surface area contributed by atoms with Crippen LogP contribution in [0.3, 0.4) is 0 Å². The van der Waals surface area contributed by atoms with E-state index in [0.29, 0.717) is 24.8 Å². The van der Waals surface area contributed by atoms with Crippen LogP contribution in [0.1, 0.15) is 16.7 Å². The predicted octanol–water partition coefficient (Wildman–Crippen LogP) is 12.2. The van der Waals surface area contributed by atoms with Gasteiger partial charge in [-0.25, -0.2) is 0 Å². The van der Waals surface area contributed by atoms with Crippen molar-refractivity contribution >= 4 is 43.9 Å². The Kier molecular flexibility index (Phi) is 8.58. The van der Waals surface area contributed by atoms with Crippen LogP contribution < -0.4 is 14.2 Å². The third-order valence-corrected chi connectivity index (χ3v) is 9.09. The van der Waals surface area contributed by atoms with E-state index < -0.39 is 0 Å². The van der Waals surface area contributed by atoms with Crippen molar-refractivity contribution in [3.05, 3.63) is 186 Å². The van der Waals surface area contributed by atoms with Gasteiger partial charge < -0.3 is 14.2 Å². The quantitative estimate of drug-likeness (QED) is 0.137. The molecule has 0 saturated heterocycles. The maximum absolute atomic E-state index is 6.85. The summed E-state index contributed by atoms with van der Waals surface area (Å²) < 4.78 is 20.2. The summed E-state index contributed by atoms with van der Waals surface area (Å²) in [6.45, 7) is 1.30. The highest BCUT2D eigenvalue weighted by Crippen LogP contribution is 2.50. The van der Waals surface area contributed by atoms with Crippen molar-refractivity contribution < 1.29 is 14.2 Å². The SMILES string of the molecule is Clc1ccc2c(-c3cc(OCc4ccccc4)c4ccccc4c3OCc3ccccc3)c3ccccc3c(OCc3ccccc3)c2c1. The third-order valence-electron chi connectivity index (χ3n) is 8.85. The molecule has 3 nitrogen and oxygen atoms in total. The molecule has 0 aliphatic heterocycles. The molecule has 49 heavy (non-hydrogen) atoms. The van der Waals surface area contributed by atoms with E-state index in [9.17, 15) is 0 Å². The van der Waals surface area contributed by atoms with Crippen LogP contribution in [-0.2, 0) is 19.8 Å². The van der Waals surface area contributed by atoms with Crippen LogP contribution in [0.25, 0.3) is 43.4 Å². The van der Waals surface area contributed by atoms with E-state index in [1.54, 1.807) is 0 Å². The topological polar surface area (TPSA) is 27.7 Å². The van der Waals surface area contributed by atoms with Crippen LogP contribution in [0.15, 0.2) is 164 Å². The molecule has 0 spiro atoms. The first-order valence-corrected chi connectivity index (χ1v) is 16.8. The summed E-state index contributed by atoms with van der Waals surface area (Å²) in [6.07, 6.45) is 0. The first kappa shape index (κ1) is 30.6. The van der Waals surface area contributed by atoms with Gasteiger partial charge in [0.1, 0.15) is 37.1 Å². The van der Waals surface area contributed by atoms with E-state index in [-0.39, 0.29) is 0 Å². The Morgan fingerprint density at radius 2 is 0.816 bits per heavy atom. The van der Waals surface area contributed by atoms with Crippen LogP contribution in [0, 0.1) is 0 Å². The summed E-state index contributed by atoms with van der Waals surface area (Å²) in [5, 5.41) is 6.61. The van der Waals surface area contributed by atoms with Gasteiger partial charge >= 0.3 is 0 Å². The summed E-state index contributed by atoms with van der Waals surface area (Å²) in [7, 11) is 0. The molecular weight excluding hydrogens is 624 g/mol. The average Bonchev–Trinajstić information content (AvgIpc) is 3.16. The van der Waals surface area contributed by atoms with Crippen molar-refractivity contribution in [2.24, 2.45) is 0 Å². The molecule has 0 radical (unpaired) electrons. The molecule has 8 rings (SSSR count). The summed E-state index contributed by atoms with van der Waals surface area (Å²) in [5.74, 6) is 2.39. The first-order chi connectivity index (χ1) is 24.2. The summed E-state index contributed by atoms with van der Waals surface area (Å²) >= 11 is 6.71. The second-order valence-corrected chi connectivity index (χ2v) is 12.5. The highest BCUT2D eigenvalue weighted by molar-refractivity contribution is 6.32. The zero-order chi connectivity index (χ0) is 33.0. The van der Waals surface area contributed by atoms with Crippen molar-refractivity contribution in [2.45, 2.75) is 19.8 Å². The van der Waals surface area contributed by atoms with Gasteiger partial charge in [0.05, 0.1) is 0 Å². The monoisotopic (exact) mass is 656 g/mol. The van der Waals surface area contributed by atoms with Crippen LogP contribution in [0.2, 0.25) is 5.02 Å². The van der Waals surface area contributed by atoms with E-state index in [1.807, 2.05) is 72.8 Å². The number of fused-ring (bicyclic) bond motifs is 3. The normalized spacial score (nSPS) is 11.2. The van der Waals surface area contributed by atoms with Crippen molar-refractivity contribution in [3.8, 4) is 28.4 Å². The zero-order valence-corrected chi connectivity index (χ0v) is 27.6. The molecule has 238 valence electrons. The summed E-state index contributed by atoms with van der Waals surface area (Å²) in [4.78, 5) is 0. The molecule has 0 atom stereocenters. The highest BCUT2D eigenvalue weighted by Gasteiger charge is 2.23. The van der Waals surface area contributed by atoms with Crippen LogP contribution in [0.4, 0.5) is 0 Å². The van der Waals surface area contributed by atoms with E-state index in [4.69, 9.17) is 25.8 Å². The Hall–Kier alpha value is -5.77. The van der Waals surface area contributed by atoms with Gasteiger partial charge in [-0.15, -0.1) is 0 Å². The first-order valence-electron chi connectivity index (χ1n) is 16.4. The largest absolute Gasteiger partial charge is 0.488 e. The number of halogens is 1. The molecule has 8 aromatic rings. The van der Waals surface area contributed by atoms with Gasteiger partial charge in [-0.2, -0.15) is 0 Å². The number of ether oxygens (including phenoxy) is 3. The minimum absolute atomic E-state index is 0.419. The standard InChI is InChI=1S/C45H33ClO3/c46-34-24-25-37-40(26-34)44(48-29-32-16-6-2-7-17-32)39-23-13-11-21-36(39)43(37)41-27-42(47-28-31-14-4-1-5-15-31)35-20-10-12-22-38(35)45(41)49-30-33-18-8-3-9-19-33/h1-27H,28-30H2. The molecule has 0 saturated carbocycles. The lowest BCUT2D eigenvalue weighted by Gasteiger charge is -2.22.